The van der Waals surface area contributed by atoms with Crippen molar-refractivity contribution in [2.45, 2.75) is 12.8 Å². The van der Waals surface area contributed by atoms with Gasteiger partial charge in [0.15, 0.2) is 0 Å². The highest BCUT2D eigenvalue weighted by Gasteiger charge is 2.16. The zero-order valence-electron chi connectivity index (χ0n) is 3.44. The summed E-state index contributed by atoms with van der Waals surface area (Å²) in [7, 11) is 0. The zero-order chi connectivity index (χ0) is 4.41. The van der Waals surface area contributed by atoms with Gasteiger partial charge in [-0.3, -0.25) is 0 Å². The van der Waals surface area contributed by atoms with Crippen LogP contribution in [-0.2, 0) is 0 Å². The molecule has 0 unspecified atom stereocenters. The maximum atomic E-state index is 8.08. The molecule has 0 aromatic carbocycles. The lowest BCUT2D eigenvalue weighted by Crippen LogP contribution is -2.05. The summed E-state index contributed by atoms with van der Waals surface area (Å²) in [4.78, 5) is 0. The molecule has 0 aromatic heterocycles. The third kappa shape index (κ3) is 0.386. The Labute approximate surface area is 37.6 Å². The molecule has 2 radical (unpaired) electrons. The molecule has 0 amide bonds. The summed E-state index contributed by atoms with van der Waals surface area (Å²) in [6, 6.07) is 2.09. The Hall–Kier alpha value is -0.510. The van der Waals surface area contributed by atoms with Crippen molar-refractivity contribution in [3.8, 4) is 6.07 Å². The summed E-state index contributed by atoms with van der Waals surface area (Å²) in [5.74, 6) is 1.02. The number of nitriles is 1. The molecular formula is C5H5N. The summed E-state index contributed by atoms with van der Waals surface area (Å²) in [6.45, 7) is 0. The minimum absolute atomic E-state index is 0.941. The lowest BCUT2D eigenvalue weighted by Gasteiger charge is -2.14. The molecule has 0 saturated heterocycles. The van der Waals surface area contributed by atoms with E-state index in [9.17, 15) is 0 Å². The van der Waals surface area contributed by atoms with Crippen molar-refractivity contribution >= 4 is 0 Å². The van der Waals surface area contributed by atoms with Gasteiger partial charge in [-0.15, -0.1) is 0 Å². The highest BCUT2D eigenvalue weighted by atomic mass is 14.3. The molecule has 1 rings (SSSR count). The first-order valence-electron chi connectivity index (χ1n) is 2.00. The third-order valence-electron chi connectivity index (χ3n) is 0.940. The first-order chi connectivity index (χ1) is 2.93. The Morgan fingerprint density at radius 3 is 2.33 bits per heavy atom. The van der Waals surface area contributed by atoms with Crippen molar-refractivity contribution < 1.29 is 0 Å². The van der Waals surface area contributed by atoms with E-state index in [-0.39, 0.29) is 0 Å². The second-order valence-corrected chi connectivity index (χ2v) is 1.41. The molecular weight excluding hydrogens is 74.1 g/mol. The normalized spacial score (nSPS) is 21.8. The van der Waals surface area contributed by atoms with Gasteiger partial charge in [0.25, 0.3) is 0 Å². The Morgan fingerprint density at radius 2 is 2.33 bits per heavy atom. The minimum Gasteiger partial charge on any atom is -0.198 e. The van der Waals surface area contributed by atoms with E-state index in [4.69, 9.17) is 5.26 Å². The molecule has 0 aliphatic heterocycles. The summed E-state index contributed by atoms with van der Waals surface area (Å²) in [5.41, 5.74) is 0. The summed E-state index contributed by atoms with van der Waals surface area (Å²) in [6.07, 6.45) is 3.98. The fourth-order valence-electron chi connectivity index (χ4n) is 0.380. The van der Waals surface area contributed by atoms with Crippen LogP contribution in [0.15, 0.2) is 0 Å². The fraction of sp³-hybridized carbons (Fsp3) is 0.400. The van der Waals surface area contributed by atoms with Crippen molar-refractivity contribution in [1.82, 2.24) is 0 Å². The van der Waals surface area contributed by atoms with E-state index in [2.05, 4.69) is 12.5 Å². The van der Waals surface area contributed by atoms with Gasteiger partial charge in [0.2, 0.25) is 0 Å². The number of nitrogens with zero attached hydrogens (tertiary/aromatic N) is 1. The minimum atomic E-state index is 0.941. The molecule has 1 fully saturated rings. The molecule has 0 N–H and O–H groups in total. The van der Waals surface area contributed by atoms with Crippen LogP contribution in [0, 0.1) is 23.7 Å². The van der Waals surface area contributed by atoms with E-state index in [1.54, 1.807) is 0 Å². The Bertz CT molecular complexity index is 76.4. The van der Waals surface area contributed by atoms with Crippen molar-refractivity contribution in [1.29, 1.82) is 5.26 Å². The SMILES string of the molecule is N#C[C]1C[CH]C1. The Kier molecular flexibility index (Phi) is 0.795. The summed E-state index contributed by atoms with van der Waals surface area (Å²) >= 11 is 0. The lowest BCUT2D eigenvalue weighted by molar-refractivity contribution is 0.759. The van der Waals surface area contributed by atoms with E-state index in [0.717, 1.165) is 18.8 Å². The highest BCUT2D eigenvalue weighted by molar-refractivity contribution is 5.22. The topological polar surface area (TPSA) is 23.8 Å². The second kappa shape index (κ2) is 1.30. The molecule has 0 spiro atoms. The maximum absolute atomic E-state index is 8.08. The molecule has 1 saturated carbocycles. The molecule has 30 valence electrons. The summed E-state index contributed by atoms with van der Waals surface area (Å²) in [5, 5.41) is 8.08. The smallest absolute Gasteiger partial charge is 0.0765 e. The van der Waals surface area contributed by atoms with Crippen LogP contribution in [0.5, 0.6) is 0 Å². The van der Waals surface area contributed by atoms with Gasteiger partial charge in [0.1, 0.15) is 0 Å². The average molecular weight is 79.1 g/mol. The average Bonchev–Trinajstić information content (AvgIpc) is 1.31. The predicted molar refractivity (Wildman–Crippen MR) is 22.4 cm³/mol. The molecule has 1 aliphatic carbocycles. The predicted octanol–water partition coefficient (Wildman–Crippen LogP) is 1.08. The van der Waals surface area contributed by atoms with Crippen molar-refractivity contribution in [3.63, 3.8) is 0 Å². The van der Waals surface area contributed by atoms with Gasteiger partial charge in [0, 0.05) is 0 Å². The van der Waals surface area contributed by atoms with E-state index < -0.39 is 0 Å². The molecule has 0 aromatic rings. The molecule has 0 bridgehead atoms. The van der Waals surface area contributed by atoms with Gasteiger partial charge in [-0.1, -0.05) is 0 Å². The van der Waals surface area contributed by atoms with Gasteiger partial charge < -0.3 is 0 Å². The quantitative estimate of drug-likeness (QED) is 0.426. The molecule has 1 nitrogen and oxygen atoms in total. The molecule has 1 heteroatoms. The number of rotatable bonds is 0. The third-order valence-corrected chi connectivity index (χ3v) is 0.940. The standard InChI is InChI=1S/C5H5N/c6-4-5-2-1-3-5/h1H,2-3H2. The van der Waals surface area contributed by atoms with E-state index >= 15 is 0 Å². The van der Waals surface area contributed by atoms with Crippen LogP contribution in [0.25, 0.3) is 0 Å². The largest absolute Gasteiger partial charge is 0.198 e. The van der Waals surface area contributed by atoms with Crippen LogP contribution in [0.2, 0.25) is 0 Å². The first kappa shape index (κ1) is 3.67. The van der Waals surface area contributed by atoms with Crippen LogP contribution in [0.1, 0.15) is 12.8 Å². The van der Waals surface area contributed by atoms with Crippen LogP contribution >= 0.6 is 0 Å². The van der Waals surface area contributed by atoms with Crippen molar-refractivity contribution in [2.24, 2.45) is 0 Å². The Morgan fingerprint density at radius 1 is 1.67 bits per heavy atom. The molecule has 0 heterocycles. The second-order valence-electron chi connectivity index (χ2n) is 1.41. The first-order valence-corrected chi connectivity index (χ1v) is 2.00. The van der Waals surface area contributed by atoms with E-state index in [0.29, 0.717) is 0 Å². The van der Waals surface area contributed by atoms with Gasteiger partial charge in [-0.05, 0) is 19.3 Å². The van der Waals surface area contributed by atoms with Gasteiger partial charge in [0.05, 0.1) is 12.0 Å². The van der Waals surface area contributed by atoms with Gasteiger partial charge in [-0.25, -0.2) is 0 Å². The van der Waals surface area contributed by atoms with E-state index in [1.165, 1.54) is 0 Å². The van der Waals surface area contributed by atoms with Crippen LogP contribution < -0.4 is 0 Å². The van der Waals surface area contributed by atoms with Gasteiger partial charge >= 0.3 is 0 Å². The highest BCUT2D eigenvalue weighted by Crippen LogP contribution is 2.25. The molecule has 1 aliphatic rings. The fourth-order valence-corrected chi connectivity index (χ4v) is 0.380. The number of hydrogen-bond acceptors (Lipinski definition) is 1. The van der Waals surface area contributed by atoms with Gasteiger partial charge in [-0.2, -0.15) is 5.26 Å². The lowest BCUT2D eigenvalue weighted by atomic mass is 9.87. The number of hydrogen-bond donors (Lipinski definition) is 0. The van der Waals surface area contributed by atoms with Crippen molar-refractivity contribution in [3.05, 3.63) is 12.3 Å². The molecule has 6 heavy (non-hydrogen) atoms. The zero-order valence-corrected chi connectivity index (χ0v) is 3.44. The van der Waals surface area contributed by atoms with E-state index in [1.807, 2.05) is 0 Å². The summed E-state index contributed by atoms with van der Waals surface area (Å²) < 4.78 is 0. The Balaban J connectivity index is 2.22. The van der Waals surface area contributed by atoms with Crippen LogP contribution in [0.4, 0.5) is 0 Å². The van der Waals surface area contributed by atoms with Crippen LogP contribution in [0.3, 0.4) is 0 Å². The van der Waals surface area contributed by atoms with Crippen molar-refractivity contribution in [2.75, 3.05) is 0 Å². The maximum Gasteiger partial charge on any atom is 0.0765 e. The monoisotopic (exact) mass is 79.0 g/mol. The molecule has 0 atom stereocenters. The van der Waals surface area contributed by atoms with Crippen LogP contribution in [-0.4, -0.2) is 0 Å².